The number of hydrogen-bond acceptors (Lipinski definition) is 9. The number of piperidine rings is 1. The highest BCUT2D eigenvalue weighted by atomic mass is 16.5. The van der Waals surface area contributed by atoms with Crippen LogP contribution in [0.15, 0.2) is 0 Å². The van der Waals surface area contributed by atoms with Crippen molar-refractivity contribution in [2.75, 3.05) is 75.3 Å². The van der Waals surface area contributed by atoms with E-state index < -0.39 is 5.97 Å². The van der Waals surface area contributed by atoms with Gasteiger partial charge in [0.15, 0.2) is 0 Å². The lowest BCUT2D eigenvalue weighted by molar-refractivity contribution is -0.141. The molecule has 3 rings (SSSR count). The Hall–Kier alpha value is -0.850. The Balaban J connectivity index is 0.000000233. The van der Waals surface area contributed by atoms with Crippen molar-refractivity contribution in [1.82, 2.24) is 14.7 Å². The van der Waals surface area contributed by atoms with Crippen LogP contribution in [0.5, 0.6) is 0 Å². The summed E-state index contributed by atoms with van der Waals surface area (Å²) in [7, 11) is 10.8. The van der Waals surface area contributed by atoms with E-state index in [0.29, 0.717) is 25.1 Å². The Morgan fingerprint density at radius 2 is 1.35 bits per heavy atom. The van der Waals surface area contributed by atoms with Crippen LogP contribution in [-0.2, 0) is 19.0 Å². The molecule has 3 aliphatic rings. The molecule has 0 amide bonds. The molecule has 0 aromatic carbocycles. The van der Waals surface area contributed by atoms with Crippen molar-refractivity contribution in [2.24, 2.45) is 0 Å². The van der Waals surface area contributed by atoms with Crippen molar-refractivity contribution >= 4 is 5.97 Å². The van der Waals surface area contributed by atoms with E-state index in [-0.39, 0.29) is 31.0 Å². The van der Waals surface area contributed by atoms with Gasteiger partial charge >= 0.3 is 5.97 Å². The largest absolute Gasteiger partial charge is 0.480 e. The number of likely N-dealkylation sites (N-methyl/N-ethyl adjacent to an activating group) is 3. The molecule has 10 nitrogen and oxygen atoms in total. The van der Waals surface area contributed by atoms with E-state index in [4.69, 9.17) is 24.4 Å². The summed E-state index contributed by atoms with van der Waals surface area (Å²) >= 11 is 0. The number of carbonyl (C=O) groups is 1. The zero-order chi connectivity index (χ0) is 23.6. The number of nitrogens with zero attached hydrogens (tertiary/aromatic N) is 3. The highest BCUT2D eigenvalue weighted by molar-refractivity contribution is 5.73. The second-order valence-corrected chi connectivity index (χ2v) is 8.72. The smallest absolute Gasteiger partial charge is 0.321 e. The molecule has 10 heteroatoms. The van der Waals surface area contributed by atoms with Gasteiger partial charge in [-0.3, -0.25) is 14.6 Å². The molecule has 3 heterocycles. The molecule has 3 aliphatic heterocycles. The molecular formula is C21H43N3O7. The van der Waals surface area contributed by atoms with E-state index >= 15 is 0 Å². The lowest BCUT2D eigenvalue weighted by Gasteiger charge is -2.31. The molecule has 0 aromatic heterocycles. The second-order valence-electron chi connectivity index (χ2n) is 8.72. The number of aliphatic hydroxyl groups is 2. The van der Waals surface area contributed by atoms with E-state index in [1.54, 1.807) is 33.3 Å². The standard InChI is InChI=1S/C7H13NO3.2C7H15NO2/c1-8-4-5(11-2)3-6(8)7(9)10;1-8-4-7(10-2)3-6(8)5-9;1-8-4-6(9)3-7(5-8)10-2/h5-6H,3-4H2,1-2H3,(H,9,10);2*6-7,9H,3-5H2,1-2H3. The van der Waals surface area contributed by atoms with Gasteiger partial charge in [0.1, 0.15) is 6.04 Å². The van der Waals surface area contributed by atoms with E-state index in [1.165, 1.54) is 0 Å². The van der Waals surface area contributed by atoms with Gasteiger partial charge in [0, 0.05) is 66.4 Å². The monoisotopic (exact) mass is 449 g/mol. The molecule has 3 fully saturated rings. The van der Waals surface area contributed by atoms with E-state index in [9.17, 15) is 9.90 Å². The molecule has 0 aliphatic carbocycles. The zero-order valence-corrected chi connectivity index (χ0v) is 19.9. The lowest BCUT2D eigenvalue weighted by atomic mass is 10.1. The summed E-state index contributed by atoms with van der Waals surface area (Å²) in [6.45, 7) is 3.62. The van der Waals surface area contributed by atoms with Gasteiger partial charge in [-0.15, -0.1) is 0 Å². The maximum atomic E-state index is 10.6. The minimum absolute atomic E-state index is 0.0844. The molecule has 31 heavy (non-hydrogen) atoms. The molecule has 0 radical (unpaired) electrons. The molecule has 0 aromatic rings. The van der Waals surface area contributed by atoms with Gasteiger partial charge in [-0.1, -0.05) is 0 Å². The SMILES string of the molecule is COC1CC(C(=O)O)N(C)C1.COC1CC(CO)N(C)C1.COC1CC(O)CN(C)C1. The third-order valence-electron chi connectivity index (χ3n) is 6.23. The molecule has 0 saturated carbocycles. The van der Waals surface area contributed by atoms with Crippen LogP contribution in [0, 0.1) is 0 Å². The fourth-order valence-electron chi connectivity index (χ4n) is 4.23. The summed E-state index contributed by atoms with van der Waals surface area (Å²) in [4.78, 5) is 16.6. The van der Waals surface area contributed by atoms with Crippen LogP contribution in [-0.4, -0.2) is 148 Å². The average molecular weight is 450 g/mol. The second kappa shape index (κ2) is 14.3. The number of ether oxygens (including phenoxy) is 3. The van der Waals surface area contributed by atoms with E-state index in [2.05, 4.69) is 9.80 Å². The summed E-state index contributed by atoms with van der Waals surface area (Å²) in [5, 5.41) is 26.8. The fourth-order valence-corrected chi connectivity index (χ4v) is 4.23. The Kier molecular flexibility index (Phi) is 13.0. The molecule has 0 spiro atoms. The van der Waals surface area contributed by atoms with Crippen molar-refractivity contribution in [1.29, 1.82) is 0 Å². The molecule has 3 N–H and O–H groups in total. The van der Waals surface area contributed by atoms with Crippen LogP contribution in [0.4, 0.5) is 0 Å². The van der Waals surface area contributed by atoms with Crippen LogP contribution < -0.4 is 0 Å². The first-order chi connectivity index (χ1) is 14.6. The molecule has 184 valence electrons. The van der Waals surface area contributed by atoms with Crippen molar-refractivity contribution in [3.8, 4) is 0 Å². The lowest BCUT2D eigenvalue weighted by Crippen LogP contribution is -2.44. The highest BCUT2D eigenvalue weighted by Crippen LogP contribution is 2.18. The first-order valence-corrected chi connectivity index (χ1v) is 10.8. The van der Waals surface area contributed by atoms with Crippen LogP contribution in [0.2, 0.25) is 0 Å². The number of carboxylic acids is 1. The number of hydrogen-bond donors (Lipinski definition) is 3. The van der Waals surface area contributed by atoms with Crippen LogP contribution >= 0.6 is 0 Å². The third kappa shape index (κ3) is 9.67. The fraction of sp³-hybridized carbons (Fsp3) is 0.952. The van der Waals surface area contributed by atoms with Crippen LogP contribution in [0.25, 0.3) is 0 Å². The number of methoxy groups -OCH3 is 3. The summed E-state index contributed by atoms with van der Waals surface area (Å²) in [5.41, 5.74) is 0. The average Bonchev–Trinajstić information content (AvgIpc) is 3.29. The highest BCUT2D eigenvalue weighted by Gasteiger charge is 2.34. The van der Waals surface area contributed by atoms with Crippen molar-refractivity contribution in [3.05, 3.63) is 0 Å². The maximum Gasteiger partial charge on any atom is 0.321 e. The Morgan fingerprint density at radius 3 is 1.71 bits per heavy atom. The van der Waals surface area contributed by atoms with Crippen LogP contribution in [0.1, 0.15) is 19.3 Å². The van der Waals surface area contributed by atoms with Crippen molar-refractivity contribution in [3.63, 3.8) is 0 Å². The molecular weight excluding hydrogens is 406 g/mol. The molecule has 6 atom stereocenters. The van der Waals surface area contributed by atoms with Crippen molar-refractivity contribution in [2.45, 2.75) is 55.8 Å². The molecule has 3 saturated heterocycles. The normalized spacial score (nSPS) is 34.6. The number of aliphatic hydroxyl groups excluding tert-OH is 2. The summed E-state index contributed by atoms with van der Waals surface area (Å²) in [5.74, 6) is -0.757. The Labute approximate surface area is 186 Å². The van der Waals surface area contributed by atoms with Gasteiger partial charge in [0.05, 0.1) is 31.0 Å². The summed E-state index contributed by atoms with van der Waals surface area (Å²) < 4.78 is 15.3. The Morgan fingerprint density at radius 1 is 0.839 bits per heavy atom. The first kappa shape index (κ1) is 28.2. The van der Waals surface area contributed by atoms with Gasteiger partial charge in [-0.05, 0) is 27.6 Å². The van der Waals surface area contributed by atoms with E-state index in [0.717, 1.165) is 32.5 Å². The number of likely N-dealkylation sites (tertiary alicyclic amines) is 3. The topological polar surface area (TPSA) is 115 Å². The minimum Gasteiger partial charge on any atom is -0.480 e. The predicted octanol–water partition coefficient (Wildman–Crippen LogP) is -0.814. The number of β-amino-alcohol motifs (C(OH)–C–C–N with tert-alkyl or cyclic N) is 1. The van der Waals surface area contributed by atoms with Gasteiger partial charge in [0.25, 0.3) is 0 Å². The molecule has 0 bridgehead atoms. The summed E-state index contributed by atoms with van der Waals surface area (Å²) in [6.07, 6.45) is 2.76. The van der Waals surface area contributed by atoms with Gasteiger partial charge in [-0.25, -0.2) is 0 Å². The summed E-state index contributed by atoms with van der Waals surface area (Å²) in [6, 6.07) is -0.0510. The first-order valence-electron chi connectivity index (χ1n) is 10.8. The quantitative estimate of drug-likeness (QED) is 0.492. The van der Waals surface area contributed by atoms with Gasteiger partial charge < -0.3 is 34.4 Å². The maximum absolute atomic E-state index is 10.6. The van der Waals surface area contributed by atoms with Crippen LogP contribution in [0.3, 0.4) is 0 Å². The van der Waals surface area contributed by atoms with Gasteiger partial charge in [0.2, 0.25) is 0 Å². The molecule has 6 unspecified atom stereocenters. The Bertz CT molecular complexity index is 503. The predicted molar refractivity (Wildman–Crippen MR) is 117 cm³/mol. The zero-order valence-electron chi connectivity index (χ0n) is 19.9. The third-order valence-corrected chi connectivity index (χ3v) is 6.23. The van der Waals surface area contributed by atoms with Crippen molar-refractivity contribution < 1.29 is 34.3 Å². The number of carboxylic acid groups (broad SMARTS) is 1. The number of aliphatic carboxylic acids is 1. The minimum atomic E-state index is -0.757. The van der Waals surface area contributed by atoms with E-state index in [1.807, 2.05) is 14.1 Å². The number of rotatable bonds is 5. The van der Waals surface area contributed by atoms with Gasteiger partial charge in [-0.2, -0.15) is 0 Å².